The standard InChI is InChI=1S/C16H18BrNO2/c1-12(18)15-8-7-14(11-16(15)17)20-10-9-19-13-5-3-2-4-6-13/h2-8,11-12H,9-10,18H2,1H3. The Morgan fingerprint density at radius 2 is 1.65 bits per heavy atom. The molecule has 0 heterocycles. The molecule has 0 aliphatic heterocycles. The van der Waals surface area contributed by atoms with E-state index in [1.165, 1.54) is 0 Å². The molecule has 3 nitrogen and oxygen atoms in total. The van der Waals surface area contributed by atoms with E-state index >= 15 is 0 Å². The summed E-state index contributed by atoms with van der Waals surface area (Å²) in [5.41, 5.74) is 6.93. The molecule has 0 radical (unpaired) electrons. The number of ether oxygens (including phenoxy) is 2. The highest BCUT2D eigenvalue weighted by molar-refractivity contribution is 9.10. The molecule has 2 aromatic rings. The van der Waals surface area contributed by atoms with E-state index in [1.807, 2.05) is 55.5 Å². The molecule has 1 atom stereocenters. The minimum Gasteiger partial charge on any atom is -0.490 e. The van der Waals surface area contributed by atoms with Gasteiger partial charge in [0, 0.05) is 10.5 Å². The number of hydrogen-bond acceptors (Lipinski definition) is 3. The van der Waals surface area contributed by atoms with Gasteiger partial charge in [-0.15, -0.1) is 0 Å². The van der Waals surface area contributed by atoms with Gasteiger partial charge >= 0.3 is 0 Å². The van der Waals surface area contributed by atoms with Crippen LogP contribution < -0.4 is 15.2 Å². The summed E-state index contributed by atoms with van der Waals surface area (Å²) in [6.07, 6.45) is 0. The molecule has 0 aliphatic rings. The molecule has 1 unspecified atom stereocenters. The second-order valence-electron chi connectivity index (χ2n) is 4.48. The van der Waals surface area contributed by atoms with Gasteiger partial charge in [0.15, 0.2) is 0 Å². The number of rotatable bonds is 6. The molecule has 0 bridgehead atoms. The second-order valence-corrected chi connectivity index (χ2v) is 5.34. The predicted molar refractivity (Wildman–Crippen MR) is 84.2 cm³/mol. The molecular weight excluding hydrogens is 318 g/mol. The lowest BCUT2D eigenvalue weighted by Gasteiger charge is -2.12. The normalized spacial score (nSPS) is 11.9. The zero-order valence-corrected chi connectivity index (χ0v) is 13.0. The zero-order chi connectivity index (χ0) is 14.4. The fourth-order valence-corrected chi connectivity index (χ4v) is 2.52. The van der Waals surface area contributed by atoms with Crippen molar-refractivity contribution in [1.29, 1.82) is 0 Å². The number of nitrogens with two attached hydrogens (primary N) is 1. The summed E-state index contributed by atoms with van der Waals surface area (Å²) in [7, 11) is 0. The first-order chi connectivity index (χ1) is 9.66. The fourth-order valence-electron chi connectivity index (χ4n) is 1.80. The molecule has 2 aromatic carbocycles. The van der Waals surface area contributed by atoms with E-state index in [9.17, 15) is 0 Å². The van der Waals surface area contributed by atoms with Crippen LogP contribution in [0, 0.1) is 0 Å². The Hall–Kier alpha value is -1.52. The van der Waals surface area contributed by atoms with Gasteiger partial charge < -0.3 is 15.2 Å². The van der Waals surface area contributed by atoms with E-state index in [2.05, 4.69) is 15.9 Å². The molecule has 0 aliphatic carbocycles. The van der Waals surface area contributed by atoms with Gasteiger partial charge in [-0.3, -0.25) is 0 Å². The van der Waals surface area contributed by atoms with Crippen molar-refractivity contribution in [1.82, 2.24) is 0 Å². The molecule has 0 saturated carbocycles. The number of halogens is 1. The van der Waals surface area contributed by atoms with Crippen LogP contribution in [0.5, 0.6) is 11.5 Å². The Labute approximate surface area is 127 Å². The molecule has 2 rings (SSSR count). The maximum atomic E-state index is 5.86. The third-order valence-corrected chi connectivity index (χ3v) is 3.51. The third kappa shape index (κ3) is 4.25. The maximum Gasteiger partial charge on any atom is 0.122 e. The summed E-state index contributed by atoms with van der Waals surface area (Å²) in [5, 5.41) is 0. The van der Waals surface area contributed by atoms with Crippen molar-refractivity contribution in [3.63, 3.8) is 0 Å². The predicted octanol–water partition coefficient (Wildman–Crippen LogP) is 3.93. The van der Waals surface area contributed by atoms with E-state index in [-0.39, 0.29) is 6.04 Å². The van der Waals surface area contributed by atoms with Gasteiger partial charge in [0.1, 0.15) is 24.7 Å². The smallest absolute Gasteiger partial charge is 0.122 e. The van der Waals surface area contributed by atoms with Crippen molar-refractivity contribution in [2.24, 2.45) is 5.73 Å². The fraction of sp³-hybridized carbons (Fsp3) is 0.250. The van der Waals surface area contributed by atoms with Gasteiger partial charge in [0.2, 0.25) is 0 Å². The summed E-state index contributed by atoms with van der Waals surface area (Å²) >= 11 is 3.50. The van der Waals surface area contributed by atoms with Crippen LogP contribution in [0.15, 0.2) is 53.0 Å². The van der Waals surface area contributed by atoms with Crippen LogP contribution in [-0.4, -0.2) is 13.2 Å². The molecule has 2 N–H and O–H groups in total. The highest BCUT2D eigenvalue weighted by Crippen LogP contribution is 2.26. The molecule has 20 heavy (non-hydrogen) atoms. The first kappa shape index (κ1) is 14.9. The summed E-state index contributed by atoms with van der Waals surface area (Å²) < 4.78 is 12.2. The van der Waals surface area contributed by atoms with Gasteiger partial charge in [-0.05, 0) is 36.8 Å². The number of benzene rings is 2. The lowest BCUT2D eigenvalue weighted by molar-refractivity contribution is 0.217. The van der Waals surface area contributed by atoms with Crippen LogP contribution in [0.25, 0.3) is 0 Å². The van der Waals surface area contributed by atoms with Crippen molar-refractivity contribution in [3.8, 4) is 11.5 Å². The van der Waals surface area contributed by atoms with Crippen molar-refractivity contribution in [2.75, 3.05) is 13.2 Å². The summed E-state index contributed by atoms with van der Waals surface area (Å²) in [6, 6.07) is 15.5. The lowest BCUT2D eigenvalue weighted by atomic mass is 10.1. The average molecular weight is 336 g/mol. The van der Waals surface area contributed by atoms with Gasteiger partial charge in [-0.25, -0.2) is 0 Å². The van der Waals surface area contributed by atoms with Crippen LogP contribution >= 0.6 is 15.9 Å². The van der Waals surface area contributed by atoms with Crippen molar-refractivity contribution in [2.45, 2.75) is 13.0 Å². The summed E-state index contributed by atoms with van der Waals surface area (Å²) in [6.45, 7) is 2.96. The van der Waals surface area contributed by atoms with E-state index in [0.29, 0.717) is 13.2 Å². The van der Waals surface area contributed by atoms with Crippen LogP contribution in [0.3, 0.4) is 0 Å². The largest absolute Gasteiger partial charge is 0.490 e. The molecule has 0 aromatic heterocycles. The Bertz CT molecular complexity index is 543. The number of hydrogen-bond donors (Lipinski definition) is 1. The van der Waals surface area contributed by atoms with E-state index in [4.69, 9.17) is 15.2 Å². The lowest BCUT2D eigenvalue weighted by Crippen LogP contribution is -2.09. The molecule has 0 amide bonds. The maximum absolute atomic E-state index is 5.86. The first-order valence-corrected chi connectivity index (χ1v) is 7.32. The van der Waals surface area contributed by atoms with Crippen LogP contribution in [-0.2, 0) is 0 Å². The summed E-state index contributed by atoms with van der Waals surface area (Å²) in [5.74, 6) is 1.66. The minimum absolute atomic E-state index is 0.000149. The number of para-hydroxylation sites is 1. The van der Waals surface area contributed by atoms with Crippen molar-refractivity contribution in [3.05, 3.63) is 58.6 Å². The molecule has 0 spiro atoms. The average Bonchev–Trinajstić information content (AvgIpc) is 2.44. The van der Waals surface area contributed by atoms with Crippen LogP contribution in [0.4, 0.5) is 0 Å². The topological polar surface area (TPSA) is 44.5 Å². The highest BCUT2D eigenvalue weighted by Gasteiger charge is 2.06. The minimum atomic E-state index is -0.000149. The monoisotopic (exact) mass is 335 g/mol. The van der Waals surface area contributed by atoms with Crippen molar-refractivity contribution >= 4 is 15.9 Å². The second kappa shape index (κ2) is 7.31. The van der Waals surface area contributed by atoms with Crippen molar-refractivity contribution < 1.29 is 9.47 Å². The molecular formula is C16H18BrNO2. The quantitative estimate of drug-likeness (QED) is 0.813. The molecule has 0 fully saturated rings. The Balaban J connectivity index is 1.81. The van der Waals surface area contributed by atoms with E-state index in [1.54, 1.807) is 0 Å². The van der Waals surface area contributed by atoms with Gasteiger partial charge in [0.05, 0.1) is 0 Å². The Morgan fingerprint density at radius 1 is 1.00 bits per heavy atom. The van der Waals surface area contributed by atoms with Gasteiger partial charge in [0.25, 0.3) is 0 Å². The highest BCUT2D eigenvalue weighted by atomic mass is 79.9. The first-order valence-electron chi connectivity index (χ1n) is 6.52. The van der Waals surface area contributed by atoms with E-state index < -0.39 is 0 Å². The SMILES string of the molecule is CC(N)c1ccc(OCCOc2ccccc2)cc1Br. The van der Waals surface area contributed by atoms with E-state index in [0.717, 1.165) is 21.5 Å². The molecule has 106 valence electrons. The van der Waals surface area contributed by atoms with Gasteiger partial charge in [-0.2, -0.15) is 0 Å². The zero-order valence-electron chi connectivity index (χ0n) is 11.4. The van der Waals surface area contributed by atoms with Crippen LogP contribution in [0.2, 0.25) is 0 Å². The van der Waals surface area contributed by atoms with Gasteiger partial charge in [-0.1, -0.05) is 40.2 Å². The third-order valence-electron chi connectivity index (χ3n) is 2.83. The summed E-state index contributed by atoms with van der Waals surface area (Å²) in [4.78, 5) is 0. The Kier molecular flexibility index (Phi) is 5.44. The van der Waals surface area contributed by atoms with Crippen LogP contribution in [0.1, 0.15) is 18.5 Å². The molecule has 0 saturated heterocycles. The Morgan fingerprint density at radius 3 is 2.25 bits per heavy atom. The molecule has 4 heteroatoms.